The molecule has 12 nitrogen and oxygen atoms in total. The molecule has 1 unspecified atom stereocenters. The molecular formula is C24H33N8O4P. The number of esters is 1. The van der Waals surface area contributed by atoms with Gasteiger partial charge in [0.1, 0.15) is 23.7 Å². The molecule has 2 heterocycles. The molecule has 0 aliphatic carbocycles. The van der Waals surface area contributed by atoms with Crippen molar-refractivity contribution in [3.8, 4) is 6.07 Å². The lowest BCUT2D eigenvalue weighted by atomic mass is 10.1. The van der Waals surface area contributed by atoms with Crippen LogP contribution >= 0.6 is 7.44 Å². The van der Waals surface area contributed by atoms with Gasteiger partial charge in [-0.1, -0.05) is 19.1 Å². The van der Waals surface area contributed by atoms with E-state index in [0.29, 0.717) is 29.7 Å². The summed E-state index contributed by atoms with van der Waals surface area (Å²) in [6.45, 7) is 7.85. The largest absolute Gasteiger partial charge is 0.464 e. The van der Waals surface area contributed by atoms with Gasteiger partial charge in [-0.2, -0.15) is 5.26 Å². The van der Waals surface area contributed by atoms with E-state index in [0.717, 1.165) is 5.56 Å². The number of nitrogens with zero attached hydrogens (tertiary/aromatic N) is 5. The van der Waals surface area contributed by atoms with E-state index in [1.54, 1.807) is 49.0 Å². The van der Waals surface area contributed by atoms with Crippen molar-refractivity contribution >= 4 is 30.4 Å². The van der Waals surface area contributed by atoms with Gasteiger partial charge in [0.05, 0.1) is 37.2 Å². The summed E-state index contributed by atoms with van der Waals surface area (Å²) in [7, 11) is -3.47. The Bertz CT molecular complexity index is 1300. The molecule has 0 aliphatic rings. The number of fused-ring (bicyclic) bond motifs is 1. The van der Waals surface area contributed by atoms with Crippen LogP contribution in [0.1, 0.15) is 45.2 Å². The summed E-state index contributed by atoms with van der Waals surface area (Å²) in [6.07, 6.45) is 3.07. The van der Waals surface area contributed by atoms with E-state index in [9.17, 15) is 9.36 Å². The summed E-state index contributed by atoms with van der Waals surface area (Å²) < 4.78 is 27.1. The Hall–Kier alpha value is -3.36. The maximum Gasteiger partial charge on any atom is 0.326 e. The van der Waals surface area contributed by atoms with Crippen LogP contribution in [0.5, 0.6) is 0 Å². The minimum absolute atomic E-state index is 0.196. The number of aromatic nitrogens is 4. The third-order valence-corrected chi connectivity index (χ3v) is 7.56. The Morgan fingerprint density at radius 2 is 2.00 bits per heavy atom. The van der Waals surface area contributed by atoms with Gasteiger partial charge in [0.25, 0.3) is 0 Å². The maximum absolute atomic E-state index is 14.0. The molecular weight excluding hydrogens is 495 g/mol. The fraction of sp³-hybridized carbons (Fsp3) is 0.458. The van der Waals surface area contributed by atoms with Crippen LogP contribution in [0, 0.1) is 11.3 Å². The Kier molecular flexibility index (Phi) is 9.34. The highest BCUT2D eigenvalue weighted by atomic mass is 31.2. The standard InChI is InChI=1S/C24H33N8O4P/c1-5-10-35-23(33)24(3,4)31-37(34,30-12-19-8-6-18(11-25)7-9-19)16-36-17(2)13-32-15-29-20-21(26)27-14-28-22(20)32/h6-9,14-15,17H,5,10,12-13,16H2,1-4H3,(H2,26,27,28)(H2,30,31,34)/t17?,37-/m0/s1. The zero-order valence-corrected chi connectivity index (χ0v) is 22.4. The number of benzene rings is 1. The molecule has 3 rings (SSSR count). The molecule has 0 amide bonds. The third-order valence-electron chi connectivity index (χ3n) is 5.45. The van der Waals surface area contributed by atoms with Crippen molar-refractivity contribution in [2.75, 3.05) is 18.7 Å². The molecule has 0 saturated heterocycles. The first-order valence-corrected chi connectivity index (χ1v) is 13.8. The molecule has 0 radical (unpaired) electrons. The molecule has 0 aliphatic heterocycles. The Morgan fingerprint density at radius 3 is 2.68 bits per heavy atom. The van der Waals surface area contributed by atoms with E-state index in [2.05, 4.69) is 31.2 Å². The number of imidazole rings is 1. The molecule has 0 bridgehead atoms. The highest BCUT2D eigenvalue weighted by Crippen LogP contribution is 2.40. The fourth-order valence-electron chi connectivity index (χ4n) is 3.50. The van der Waals surface area contributed by atoms with Gasteiger partial charge in [-0.25, -0.2) is 25.1 Å². The van der Waals surface area contributed by atoms with Gasteiger partial charge in [0.2, 0.25) is 7.44 Å². The van der Waals surface area contributed by atoms with Gasteiger partial charge in [0, 0.05) is 6.54 Å². The van der Waals surface area contributed by atoms with Crippen LogP contribution in [0.4, 0.5) is 5.82 Å². The van der Waals surface area contributed by atoms with Crippen molar-refractivity contribution in [1.29, 1.82) is 5.26 Å². The molecule has 0 spiro atoms. The lowest BCUT2D eigenvalue weighted by Crippen LogP contribution is -2.48. The van der Waals surface area contributed by atoms with Gasteiger partial charge in [0.15, 0.2) is 11.5 Å². The smallest absolute Gasteiger partial charge is 0.326 e. The average molecular weight is 529 g/mol. The molecule has 0 fully saturated rings. The molecule has 198 valence electrons. The summed E-state index contributed by atoms with van der Waals surface area (Å²) in [5.74, 6) is -0.222. The number of carbonyl (C=O) groups excluding carboxylic acids is 1. The summed E-state index contributed by atoms with van der Waals surface area (Å²) in [5.41, 5.74) is 7.05. The minimum Gasteiger partial charge on any atom is -0.464 e. The van der Waals surface area contributed by atoms with Gasteiger partial charge in [-0.3, -0.25) is 9.36 Å². The number of rotatable bonds is 13. The summed E-state index contributed by atoms with van der Waals surface area (Å²) in [5, 5.41) is 15.0. The van der Waals surface area contributed by atoms with Crippen LogP contribution in [0.3, 0.4) is 0 Å². The molecule has 37 heavy (non-hydrogen) atoms. The molecule has 3 aromatic rings. The van der Waals surface area contributed by atoms with Crippen molar-refractivity contribution in [1.82, 2.24) is 29.7 Å². The first-order chi connectivity index (χ1) is 17.6. The van der Waals surface area contributed by atoms with E-state index in [-0.39, 0.29) is 31.4 Å². The highest BCUT2D eigenvalue weighted by molar-refractivity contribution is 7.59. The third kappa shape index (κ3) is 7.57. The van der Waals surface area contributed by atoms with E-state index in [1.807, 2.05) is 13.8 Å². The molecule has 4 N–H and O–H groups in total. The first kappa shape index (κ1) is 28.2. The number of anilines is 1. The van der Waals surface area contributed by atoms with Crippen molar-refractivity contribution in [3.63, 3.8) is 0 Å². The van der Waals surface area contributed by atoms with Gasteiger partial charge in [-0.15, -0.1) is 0 Å². The van der Waals surface area contributed by atoms with Crippen LogP contribution in [-0.4, -0.2) is 50.1 Å². The lowest BCUT2D eigenvalue weighted by Gasteiger charge is -2.31. The number of nitriles is 1. The predicted molar refractivity (Wildman–Crippen MR) is 139 cm³/mol. The van der Waals surface area contributed by atoms with Gasteiger partial charge >= 0.3 is 5.97 Å². The van der Waals surface area contributed by atoms with Crippen LogP contribution in [0.15, 0.2) is 36.9 Å². The minimum atomic E-state index is -3.47. The second-order valence-corrected chi connectivity index (χ2v) is 11.5. The summed E-state index contributed by atoms with van der Waals surface area (Å²) in [4.78, 5) is 25.0. The zero-order chi connectivity index (χ0) is 27.1. The van der Waals surface area contributed by atoms with Crippen molar-refractivity contribution in [2.24, 2.45) is 0 Å². The van der Waals surface area contributed by atoms with Gasteiger partial charge < -0.3 is 19.8 Å². The Balaban J connectivity index is 1.72. The van der Waals surface area contributed by atoms with Crippen LogP contribution < -0.4 is 15.9 Å². The second-order valence-electron chi connectivity index (χ2n) is 9.19. The molecule has 1 aromatic carbocycles. The normalized spacial score (nSPS) is 14.1. The lowest BCUT2D eigenvalue weighted by molar-refractivity contribution is -0.149. The Morgan fingerprint density at radius 1 is 1.27 bits per heavy atom. The second kappa shape index (κ2) is 12.3. The van der Waals surface area contributed by atoms with Gasteiger partial charge in [-0.05, 0) is 44.9 Å². The predicted octanol–water partition coefficient (Wildman–Crippen LogP) is 2.95. The van der Waals surface area contributed by atoms with E-state index in [1.165, 1.54) is 6.33 Å². The molecule has 2 atom stereocenters. The Labute approximate surface area is 216 Å². The van der Waals surface area contributed by atoms with Crippen LogP contribution in [-0.2, 0) is 31.9 Å². The number of hydrogen-bond donors (Lipinski definition) is 3. The SMILES string of the molecule is CCCOC(=O)C(C)(C)N[P@](=O)(COC(C)Cn1cnc2c(N)ncnc21)NCc1ccc(C#N)cc1. The van der Waals surface area contributed by atoms with Crippen LogP contribution in [0.25, 0.3) is 11.2 Å². The molecule has 13 heteroatoms. The monoisotopic (exact) mass is 528 g/mol. The van der Waals surface area contributed by atoms with E-state index < -0.39 is 19.0 Å². The first-order valence-electron chi connectivity index (χ1n) is 11.9. The topological polar surface area (TPSA) is 170 Å². The highest BCUT2D eigenvalue weighted by Gasteiger charge is 2.37. The number of hydrogen-bond acceptors (Lipinski definition) is 9. The zero-order valence-electron chi connectivity index (χ0n) is 21.5. The maximum atomic E-state index is 14.0. The van der Waals surface area contributed by atoms with E-state index in [4.69, 9.17) is 20.5 Å². The molecule has 2 aromatic heterocycles. The van der Waals surface area contributed by atoms with Crippen LogP contribution in [0.2, 0.25) is 0 Å². The number of nitrogens with one attached hydrogen (secondary N) is 2. The van der Waals surface area contributed by atoms with Crippen molar-refractivity contribution in [3.05, 3.63) is 48.0 Å². The number of nitrogen functional groups attached to an aromatic ring is 1. The van der Waals surface area contributed by atoms with Crippen molar-refractivity contribution in [2.45, 2.75) is 58.8 Å². The number of nitrogens with two attached hydrogens (primary N) is 1. The summed E-state index contributed by atoms with van der Waals surface area (Å²) >= 11 is 0. The van der Waals surface area contributed by atoms with E-state index >= 15 is 0 Å². The number of ether oxygens (including phenoxy) is 2. The average Bonchev–Trinajstić information content (AvgIpc) is 3.29. The van der Waals surface area contributed by atoms with Crippen molar-refractivity contribution < 1.29 is 18.8 Å². The summed E-state index contributed by atoms with van der Waals surface area (Å²) in [6, 6.07) is 8.99. The number of carbonyl (C=O) groups is 1. The quantitative estimate of drug-likeness (QED) is 0.220. The fourth-order valence-corrected chi connectivity index (χ4v) is 5.63. The molecule has 0 saturated carbocycles.